The van der Waals surface area contributed by atoms with E-state index in [1.165, 1.54) is 0 Å². The van der Waals surface area contributed by atoms with Crippen LogP contribution in [0.3, 0.4) is 0 Å². The molecular weight excluding hydrogens is 252 g/mol. The number of amides is 1. The van der Waals surface area contributed by atoms with E-state index in [-0.39, 0.29) is 12.0 Å². The maximum atomic E-state index is 11.8. The largest absolute Gasteiger partial charge is 0.397 e. The molecule has 1 aliphatic rings. The van der Waals surface area contributed by atoms with Crippen molar-refractivity contribution in [3.8, 4) is 0 Å². The van der Waals surface area contributed by atoms with Gasteiger partial charge in [-0.25, -0.2) is 0 Å². The molecule has 1 heterocycles. The number of nitrogen functional groups attached to an aromatic ring is 1. The number of nitrogens with two attached hydrogens (primary N) is 1. The molecule has 2 rings (SSSR count). The third kappa shape index (κ3) is 3.37. The number of hydrogen-bond acceptors (Lipinski definition) is 3. The van der Waals surface area contributed by atoms with E-state index in [0.717, 1.165) is 25.9 Å². The molecule has 1 aromatic carbocycles. The molecular formula is C13H17ClN2O2. The summed E-state index contributed by atoms with van der Waals surface area (Å²) in [5.74, 6) is -0.0784. The fraction of sp³-hybridized carbons (Fsp3) is 0.462. The number of nitrogens with one attached hydrogen (secondary N) is 1. The highest BCUT2D eigenvalue weighted by molar-refractivity contribution is 6.34. The number of hydrogen-bond donors (Lipinski definition) is 2. The van der Waals surface area contributed by atoms with E-state index in [1.807, 2.05) is 0 Å². The van der Waals surface area contributed by atoms with Crippen LogP contribution < -0.4 is 11.1 Å². The van der Waals surface area contributed by atoms with Crippen molar-refractivity contribution in [2.45, 2.75) is 31.8 Å². The highest BCUT2D eigenvalue weighted by Gasteiger charge is 2.17. The molecule has 1 fully saturated rings. The Kier molecular flexibility index (Phi) is 4.44. The lowest BCUT2D eigenvalue weighted by Crippen LogP contribution is -2.16. The van der Waals surface area contributed by atoms with Gasteiger partial charge in [-0.3, -0.25) is 4.79 Å². The number of rotatable bonds is 4. The van der Waals surface area contributed by atoms with Crippen LogP contribution in [0.15, 0.2) is 18.2 Å². The van der Waals surface area contributed by atoms with Gasteiger partial charge in [-0.15, -0.1) is 0 Å². The van der Waals surface area contributed by atoms with Crippen LogP contribution in [0.2, 0.25) is 5.02 Å². The van der Waals surface area contributed by atoms with Gasteiger partial charge < -0.3 is 15.8 Å². The average molecular weight is 269 g/mol. The molecule has 3 N–H and O–H groups in total. The predicted octanol–water partition coefficient (Wildman–Crippen LogP) is 2.82. The third-order valence-corrected chi connectivity index (χ3v) is 3.34. The van der Waals surface area contributed by atoms with Crippen molar-refractivity contribution in [2.75, 3.05) is 17.7 Å². The van der Waals surface area contributed by atoms with E-state index in [2.05, 4.69) is 5.32 Å². The van der Waals surface area contributed by atoms with Crippen LogP contribution in [0.1, 0.15) is 25.7 Å². The van der Waals surface area contributed by atoms with Crippen molar-refractivity contribution in [1.29, 1.82) is 0 Å². The van der Waals surface area contributed by atoms with E-state index >= 15 is 0 Å². The van der Waals surface area contributed by atoms with Gasteiger partial charge in [0.05, 0.1) is 22.5 Å². The summed E-state index contributed by atoms with van der Waals surface area (Å²) >= 11 is 5.98. The Hall–Kier alpha value is -1.26. The Bertz CT molecular complexity index is 411. The zero-order valence-corrected chi connectivity index (χ0v) is 10.9. The molecule has 0 aliphatic carbocycles. The van der Waals surface area contributed by atoms with Crippen molar-refractivity contribution in [3.63, 3.8) is 0 Å². The molecule has 98 valence electrons. The van der Waals surface area contributed by atoms with Crippen molar-refractivity contribution >= 4 is 28.9 Å². The average Bonchev–Trinajstić information content (AvgIpc) is 2.84. The van der Waals surface area contributed by atoms with Crippen molar-refractivity contribution in [1.82, 2.24) is 0 Å². The Balaban J connectivity index is 1.86. The zero-order valence-electron chi connectivity index (χ0n) is 10.1. The second-order valence-electron chi connectivity index (χ2n) is 4.43. The summed E-state index contributed by atoms with van der Waals surface area (Å²) in [6.45, 7) is 0.809. The van der Waals surface area contributed by atoms with Gasteiger partial charge in [0.15, 0.2) is 0 Å². The number of halogens is 1. The first-order valence-corrected chi connectivity index (χ1v) is 6.50. The molecule has 0 radical (unpaired) electrons. The van der Waals surface area contributed by atoms with Gasteiger partial charge in [0.25, 0.3) is 0 Å². The lowest BCUT2D eigenvalue weighted by Gasteiger charge is -2.11. The van der Waals surface area contributed by atoms with Crippen molar-refractivity contribution < 1.29 is 9.53 Å². The molecule has 1 saturated heterocycles. The summed E-state index contributed by atoms with van der Waals surface area (Å²) in [6.07, 6.45) is 3.52. The standard InChI is InChI=1S/C13H17ClN2O2/c14-10-4-1-5-11(15)13(10)16-12(17)7-6-9-3-2-8-18-9/h1,4-5,9H,2-3,6-8,15H2,(H,16,17). The second-order valence-corrected chi connectivity index (χ2v) is 4.83. The monoisotopic (exact) mass is 268 g/mol. The maximum absolute atomic E-state index is 11.8. The topological polar surface area (TPSA) is 64.3 Å². The Labute approximate surface area is 111 Å². The zero-order chi connectivity index (χ0) is 13.0. The number of para-hydroxylation sites is 1. The number of benzene rings is 1. The Morgan fingerprint density at radius 2 is 2.39 bits per heavy atom. The minimum Gasteiger partial charge on any atom is -0.397 e. The molecule has 1 atom stereocenters. The molecule has 1 aromatic rings. The molecule has 5 heteroatoms. The van der Waals surface area contributed by atoms with Gasteiger partial charge in [0.1, 0.15) is 0 Å². The summed E-state index contributed by atoms with van der Waals surface area (Å²) < 4.78 is 5.47. The smallest absolute Gasteiger partial charge is 0.224 e. The summed E-state index contributed by atoms with van der Waals surface area (Å²) in [5, 5.41) is 3.21. The quantitative estimate of drug-likeness (QED) is 0.826. The van der Waals surface area contributed by atoms with E-state index in [0.29, 0.717) is 22.8 Å². The second kappa shape index (κ2) is 6.07. The molecule has 1 aliphatic heterocycles. The minimum absolute atomic E-state index is 0.0784. The number of carbonyl (C=O) groups is 1. The van der Waals surface area contributed by atoms with Crippen LogP contribution >= 0.6 is 11.6 Å². The third-order valence-electron chi connectivity index (χ3n) is 3.03. The Morgan fingerprint density at radius 3 is 3.06 bits per heavy atom. The fourth-order valence-electron chi connectivity index (χ4n) is 2.04. The maximum Gasteiger partial charge on any atom is 0.224 e. The van der Waals surface area contributed by atoms with Crippen LogP contribution in [0.25, 0.3) is 0 Å². The fourth-order valence-corrected chi connectivity index (χ4v) is 2.27. The van der Waals surface area contributed by atoms with Crippen LogP contribution in [0.4, 0.5) is 11.4 Å². The van der Waals surface area contributed by atoms with Crippen LogP contribution in [0, 0.1) is 0 Å². The first kappa shape index (κ1) is 13.2. The highest BCUT2D eigenvalue weighted by Crippen LogP contribution is 2.28. The van der Waals surface area contributed by atoms with Crippen molar-refractivity contribution in [2.24, 2.45) is 0 Å². The normalized spacial score (nSPS) is 18.8. The number of carbonyl (C=O) groups excluding carboxylic acids is 1. The van der Waals surface area contributed by atoms with Gasteiger partial charge in [-0.1, -0.05) is 17.7 Å². The van der Waals surface area contributed by atoms with Crippen LogP contribution in [-0.2, 0) is 9.53 Å². The van der Waals surface area contributed by atoms with E-state index < -0.39 is 0 Å². The molecule has 4 nitrogen and oxygen atoms in total. The van der Waals surface area contributed by atoms with Crippen LogP contribution in [-0.4, -0.2) is 18.6 Å². The van der Waals surface area contributed by atoms with Gasteiger partial charge in [-0.2, -0.15) is 0 Å². The molecule has 0 spiro atoms. The lowest BCUT2D eigenvalue weighted by atomic mass is 10.1. The molecule has 0 bridgehead atoms. The molecule has 18 heavy (non-hydrogen) atoms. The minimum atomic E-state index is -0.0784. The molecule has 1 amide bonds. The molecule has 0 saturated carbocycles. The predicted molar refractivity (Wildman–Crippen MR) is 72.7 cm³/mol. The molecule has 1 unspecified atom stereocenters. The summed E-state index contributed by atoms with van der Waals surface area (Å²) in [6, 6.07) is 5.16. The van der Waals surface area contributed by atoms with E-state index in [1.54, 1.807) is 18.2 Å². The van der Waals surface area contributed by atoms with Gasteiger partial charge >= 0.3 is 0 Å². The van der Waals surface area contributed by atoms with Gasteiger partial charge in [-0.05, 0) is 31.4 Å². The first-order valence-electron chi connectivity index (χ1n) is 6.12. The Morgan fingerprint density at radius 1 is 1.56 bits per heavy atom. The van der Waals surface area contributed by atoms with Crippen LogP contribution in [0.5, 0.6) is 0 Å². The van der Waals surface area contributed by atoms with Gasteiger partial charge in [0.2, 0.25) is 5.91 Å². The molecule has 0 aromatic heterocycles. The number of anilines is 2. The summed E-state index contributed by atoms with van der Waals surface area (Å²) in [7, 11) is 0. The summed E-state index contributed by atoms with van der Waals surface area (Å²) in [5.41, 5.74) is 6.74. The SMILES string of the molecule is Nc1cccc(Cl)c1NC(=O)CCC1CCCO1. The van der Waals surface area contributed by atoms with E-state index in [4.69, 9.17) is 22.1 Å². The lowest BCUT2D eigenvalue weighted by molar-refractivity contribution is -0.116. The number of ether oxygens (including phenoxy) is 1. The van der Waals surface area contributed by atoms with E-state index in [9.17, 15) is 4.79 Å². The van der Waals surface area contributed by atoms with Gasteiger partial charge in [0, 0.05) is 13.0 Å². The summed E-state index contributed by atoms with van der Waals surface area (Å²) in [4.78, 5) is 11.8. The highest BCUT2D eigenvalue weighted by atomic mass is 35.5. The first-order chi connectivity index (χ1) is 8.66. The van der Waals surface area contributed by atoms with Crippen molar-refractivity contribution in [3.05, 3.63) is 23.2 Å².